The first kappa shape index (κ1) is 23.9. The molecule has 1 fully saturated rings. The summed E-state index contributed by atoms with van der Waals surface area (Å²) in [6.45, 7) is 0. The van der Waals surface area contributed by atoms with Gasteiger partial charge in [-0.2, -0.15) is 13.2 Å². The number of carbonyl (C=O) groups is 2. The molecule has 0 aliphatic heterocycles. The molecule has 4 aromatic rings. The summed E-state index contributed by atoms with van der Waals surface area (Å²) in [5.74, 6) is -2.95. The van der Waals surface area contributed by atoms with Crippen molar-refractivity contribution in [1.82, 2.24) is 14.7 Å². The first-order valence-electron chi connectivity index (χ1n) is 10.5. The average Bonchev–Trinajstić information content (AvgIpc) is 3.51. The molecular weight excluding hydrogens is 466 g/mol. The van der Waals surface area contributed by atoms with E-state index in [9.17, 15) is 22.4 Å². The number of alkyl halides is 3. The van der Waals surface area contributed by atoms with Crippen LogP contribution in [0.1, 0.15) is 28.9 Å². The molecule has 0 spiro atoms. The van der Waals surface area contributed by atoms with E-state index >= 15 is 0 Å². The second-order valence-corrected chi connectivity index (χ2v) is 7.92. The van der Waals surface area contributed by atoms with E-state index in [1.165, 1.54) is 6.07 Å². The van der Waals surface area contributed by atoms with Crippen LogP contribution in [0.5, 0.6) is 0 Å². The number of nitrogens with one attached hydrogen (secondary N) is 1. The van der Waals surface area contributed by atoms with Crippen LogP contribution in [0.15, 0.2) is 79.0 Å². The van der Waals surface area contributed by atoms with E-state index in [1.807, 2.05) is 48.5 Å². The molecular formula is C25H19F4N3O3. The highest BCUT2D eigenvalue weighted by molar-refractivity contribution is 6.00. The quantitative estimate of drug-likeness (QED) is 0.390. The minimum absolute atomic E-state index is 0.243. The number of imidazole rings is 1. The van der Waals surface area contributed by atoms with Crippen LogP contribution in [0.2, 0.25) is 0 Å². The molecule has 0 radical (unpaired) electrons. The Labute approximate surface area is 196 Å². The lowest BCUT2D eigenvalue weighted by atomic mass is 10.0. The fourth-order valence-corrected chi connectivity index (χ4v) is 3.68. The molecule has 6 nitrogen and oxygen atoms in total. The van der Waals surface area contributed by atoms with Crippen molar-refractivity contribution >= 4 is 17.4 Å². The van der Waals surface area contributed by atoms with Crippen molar-refractivity contribution in [2.75, 3.05) is 0 Å². The monoisotopic (exact) mass is 485 g/mol. The smallest absolute Gasteiger partial charge is 0.475 e. The topological polar surface area (TPSA) is 83.7 Å². The van der Waals surface area contributed by atoms with Crippen LogP contribution in [0.3, 0.4) is 0 Å². The lowest BCUT2D eigenvalue weighted by Crippen LogP contribution is -2.35. The SMILES string of the molecule is O=C(NC1(c2ccccc2)CC1)c1nc(-c2ccccc2F)n2ccccc12.O=C(O)C(F)(F)F. The van der Waals surface area contributed by atoms with Gasteiger partial charge in [0.15, 0.2) is 5.69 Å². The number of fused-ring (bicyclic) bond motifs is 1. The van der Waals surface area contributed by atoms with Crippen LogP contribution < -0.4 is 5.32 Å². The number of rotatable bonds is 4. The van der Waals surface area contributed by atoms with E-state index in [0.29, 0.717) is 22.6 Å². The fraction of sp³-hybridized carbons (Fsp3) is 0.160. The molecule has 5 rings (SSSR count). The van der Waals surface area contributed by atoms with Gasteiger partial charge >= 0.3 is 12.1 Å². The maximum absolute atomic E-state index is 14.4. The van der Waals surface area contributed by atoms with Gasteiger partial charge in [-0.25, -0.2) is 14.2 Å². The fourth-order valence-electron chi connectivity index (χ4n) is 3.68. The predicted octanol–water partition coefficient (Wildman–Crippen LogP) is 5.19. The highest BCUT2D eigenvalue weighted by atomic mass is 19.4. The number of aromatic nitrogens is 2. The molecule has 1 saturated carbocycles. The van der Waals surface area contributed by atoms with Gasteiger partial charge in [-0.15, -0.1) is 0 Å². The zero-order valence-electron chi connectivity index (χ0n) is 18.1. The van der Waals surface area contributed by atoms with Crippen molar-refractivity contribution in [3.8, 4) is 11.4 Å². The van der Waals surface area contributed by atoms with E-state index in [-0.39, 0.29) is 17.3 Å². The molecule has 0 bridgehead atoms. The summed E-state index contributed by atoms with van der Waals surface area (Å²) in [5, 5.41) is 10.3. The number of carbonyl (C=O) groups excluding carboxylic acids is 1. The van der Waals surface area contributed by atoms with Crippen molar-refractivity contribution in [1.29, 1.82) is 0 Å². The third-order valence-corrected chi connectivity index (χ3v) is 5.55. The summed E-state index contributed by atoms with van der Waals surface area (Å²) in [6, 6.07) is 22.0. The van der Waals surface area contributed by atoms with Gasteiger partial charge in [0.2, 0.25) is 0 Å². The van der Waals surface area contributed by atoms with Crippen LogP contribution >= 0.6 is 0 Å². The molecule has 1 aliphatic carbocycles. The number of nitrogens with zero attached hydrogens (tertiary/aromatic N) is 2. The number of hydrogen-bond donors (Lipinski definition) is 2. The standard InChI is InChI=1S/C23H18FN3O.C2HF3O2/c24-18-11-5-4-10-17(18)21-25-20(19-12-6-7-15-27(19)21)22(28)26-23(13-14-23)16-8-2-1-3-9-16;3-2(4,5)1(6)7/h1-12,15H,13-14H2,(H,26,28);(H,6,7). The zero-order valence-corrected chi connectivity index (χ0v) is 18.1. The van der Waals surface area contributed by atoms with Gasteiger partial charge in [0, 0.05) is 6.20 Å². The maximum Gasteiger partial charge on any atom is 0.490 e. The third-order valence-electron chi connectivity index (χ3n) is 5.55. The summed E-state index contributed by atoms with van der Waals surface area (Å²) in [4.78, 5) is 26.6. The summed E-state index contributed by atoms with van der Waals surface area (Å²) >= 11 is 0. The second kappa shape index (κ2) is 9.21. The molecule has 2 aromatic heterocycles. The number of pyridine rings is 1. The van der Waals surface area contributed by atoms with E-state index < -0.39 is 12.1 Å². The van der Waals surface area contributed by atoms with Gasteiger partial charge < -0.3 is 10.4 Å². The lowest BCUT2D eigenvalue weighted by molar-refractivity contribution is -0.192. The largest absolute Gasteiger partial charge is 0.490 e. The first-order valence-corrected chi connectivity index (χ1v) is 10.5. The molecule has 180 valence electrons. The zero-order chi connectivity index (χ0) is 25.2. The average molecular weight is 485 g/mol. The first-order chi connectivity index (χ1) is 16.6. The number of amides is 1. The Morgan fingerprint density at radius 2 is 1.54 bits per heavy atom. The summed E-state index contributed by atoms with van der Waals surface area (Å²) in [5.41, 5.74) is 2.10. The summed E-state index contributed by atoms with van der Waals surface area (Å²) in [6.07, 6.45) is -1.49. The molecule has 35 heavy (non-hydrogen) atoms. The number of carboxylic acids is 1. The predicted molar refractivity (Wildman–Crippen MR) is 119 cm³/mol. The Bertz CT molecular complexity index is 1380. The van der Waals surface area contributed by atoms with Gasteiger partial charge in [0.1, 0.15) is 11.6 Å². The number of aliphatic carboxylic acids is 1. The Balaban J connectivity index is 0.000000364. The van der Waals surface area contributed by atoms with E-state index in [0.717, 1.165) is 18.4 Å². The minimum Gasteiger partial charge on any atom is -0.475 e. The van der Waals surface area contributed by atoms with E-state index in [1.54, 1.807) is 28.8 Å². The van der Waals surface area contributed by atoms with Crippen molar-refractivity contribution < 1.29 is 32.3 Å². The van der Waals surface area contributed by atoms with Crippen molar-refractivity contribution in [3.05, 3.63) is 96.1 Å². The van der Waals surface area contributed by atoms with Crippen LogP contribution in [0.25, 0.3) is 16.9 Å². The molecule has 1 amide bonds. The van der Waals surface area contributed by atoms with Crippen LogP contribution in [-0.2, 0) is 10.3 Å². The third kappa shape index (κ3) is 5.01. The Morgan fingerprint density at radius 3 is 2.14 bits per heavy atom. The van der Waals surface area contributed by atoms with Gasteiger partial charge in [0.25, 0.3) is 5.91 Å². The van der Waals surface area contributed by atoms with Crippen LogP contribution in [0.4, 0.5) is 17.6 Å². The molecule has 1 aliphatic rings. The molecule has 0 atom stereocenters. The van der Waals surface area contributed by atoms with Gasteiger partial charge in [-0.05, 0) is 42.7 Å². The number of halogens is 4. The Kier molecular flexibility index (Phi) is 6.29. The normalized spacial score (nSPS) is 14.1. The number of benzene rings is 2. The molecule has 10 heteroatoms. The van der Waals surface area contributed by atoms with Crippen LogP contribution in [-0.4, -0.2) is 32.5 Å². The molecule has 2 aromatic carbocycles. The van der Waals surface area contributed by atoms with Gasteiger partial charge in [-0.1, -0.05) is 48.5 Å². The maximum atomic E-state index is 14.4. The highest BCUT2D eigenvalue weighted by Crippen LogP contribution is 2.45. The lowest BCUT2D eigenvalue weighted by Gasteiger charge is -2.17. The van der Waals surface area contributed by atoms with Gasteiger partial charge in [0.05, 0.1) is 16.6 Å². The van der Waals surface area contributed by atoms with Crippen LogP contribution in [0, 0.1) is 5.82 Å². The number of hydrogen-bond acceptors (Lipinski definition) is 3. The second-order valence-electron chi connectivity index (χ2n) is 7.92. The highest BCUT2D eigenvalue weighted by Gasteiger charge is 2.46. The Hall–Kier alpha value is -4.21. The Morgan fingerprint density at radius 1 is 0.943 bits per heavy atom. The van der Waals surface area contributed by atoms with E-state index in [4.69, 9.17) is 9.90 Å². The molecule has 2 heterocycles. The van der Waals surface area contributed by atoms with Crippen molar-refractivity contribution in [3.63, 3.8) is 0 Å². The minimum atomic E-state index is -5.08. The summed E-state index contributed by atoms with van der Waals surface area (Å²) < 4.78 is 47.9. The molecule has 0 saturated heterocycles. The molecule has 0 unspecified atom stereocenters. The summed E-state index contributed by atoms with van der Waals surface area (Å²) in [7, 11) is 0. The van der Waals surface area contributed by atoms with E-state index in [2.05, 4.69) is 10.3 Å². The van der Waals surface area contributed by atoms with Crippen molar-refractivity contribution in [2.24, 2.45) is 0 Å². The van der Waals surface area contributed by atoms with Gasteiger partial charge in [-0.3, -0.25) is 9.20 Å². The molecule has 2 N–H and O–H groups in total. The number of carboxylic acid groups (broad SMARTS) is 1. The van der Waals surface area contributed by atoms with Crippen molar-refractivity contribution in [2.45, 2.75) is 24.6 Å².